The maximum atomic E-state index is 12.3. The molecule has 0 saturated carbocycles. The molecule has 0 atom stereocenters. The maximum absolute atomic E-state index is 12.3. The third kappa shape index (κ3) is 11.1. The molecule has 29 heavy (non-hydrogen) atoms. The lowest BCUT2D eigenvalue weighted by atomic mass is 10.1. The molecular formula is C20H32F2N4O3. The van der Waals surface area contributed by atoms with E-state index in [9.17, 15) is 13.6 Å². The van der Waals surface area contributed by atoms with E-state index in [1.165, 1.54) is 0 Å². The summed E-state index contributed by atoms with van der Waals surface area (Å²) in [5.41, 5.74) is -0.298. The van der Waals surface area contributed by atoms with Gasteiger partial charge in [-0.1, -0.05) is 12.1 Å². The summed E-state index contributed by atoms with van der Waals surface area (Å²) in [5.74, 6) is 0.915. The van der Waals surface area contributed by atoms with Crippen molar-refractivity contribution in [2.24, 2.45) is 4.99 Å². The molecule has 1 amide bonds. The Bertz CT molecular complexity index is 689. The van der Waals surface area contributed by atoms with Crippen molar-refractivity contribution >= 4 is 12.1 Å². The number of amides is 1. The number of rotatable bonds is 8. The van der Waals surface area contributed by atoms with Gasteiger partial charge in [-0.15, -0.1) is 0 Å². The normalized spacial score (nSPS) is 12.5. The van der Waals surface area contributed by atoms with Gasteiger partial charge < -0.3 is 25.4 Å². The van der Waals surface area contributed by atoms with Gasteiger partial charge in [-0.25, -0.2) is 13.6 Å². The summed E-state index contributed by atoms with van der Waals surface area (Å²) in [6.45, 7) is 9.32. The van der Waals surface area contributed by atoms with E-state index in [2.05, 4.69) is 20.9 Å². The fourth-order valence-corrected chi connectivity index (χ4v) is 2.24. The van der Waals surface area contributed by atoms with Gasteiger partial charge in [0.25, 0.3) is 6.43 Å². The lowest BCUT2D eigenvalue weighted by Gasteiger charge is -2.29. The van der Waals surface area contributed by atoms with Crippen molar-refractivity contribution in [3.8, 4) is 5.75 Å². The molecule has 0 aliphatic heterocycles. The second-order valence-corrected chi connectivity index (χ2v) is 8.14. The Morgan fingerprint density at radius 2 is 1.86 bits per heavy atom. The molecular weight excluding hydrogens is 382 g/mol. The van der Waals surface area contributed by atoms with E-state index in [4.69, 9.17) is 9.47 Å². The second kappa shape index (κ2) is 10.8. The molecule has 164 valence electrons. The Morgan fingerprint density at radius 3 is 2.45 bits per heavy atom. The highest BCUT2D eigenvalue weighted by Crippen LogP contribution is 2.14. The summed E-state index contributed by atoms with van der Waals surface area (Å²) in [4.78, 5) is 16.1. The molecule has 0 aliphatic rings. The summed E-state index contributed by atoms with van der Waals surface area (Å²) in [6, 6.07) is 6.91. The first-order valence-corrected chi connectivity index (χ1v) is 9.36. The second-order valence-electron chi connectivity index (χ2n) is 8.14. The summed E-state index contributed by atoms with van der Waals surface area (Å²) in [6.07, 6.45) is -3.01. The number of benzene rings is 1. The molecule has 9 heteroatoms. The van der Waals surface area contributed by atoms with Gasteiger partial charge in [0.15, 0.2) is 5.96 Å². The van der Waals surface area contributed by atoms with Crippen molar-refractivity contribution < 1.29 is 23.0 Å². The summed E-state index contributed by atoms with van der Waals surface area (Å²) in [7, 11) is 1.63. The van der Waals surface area contributed by atoms with E-state index in [1.54, 1.807) is 46.0 Å². The van der Waals surface area contributed by atoms with Crippen LogP contribution in [0.1, 0.15) is 40.2 Å². The molecule has 0 unspecified atom stereocenters. The quantitative estimate of drug-likeness (QED) is 0.449. The molecule has 0 fully saturated rings. The van der Waals surface area contributed by atoms with Crippen LogP contribution >= 0.6 is 0 Å². The number of carbonyl (C=O) groups excluding carboxylic acids is 1. The lowest BCUT2D eigenvalue weighted by molar-refractivity contribution is 0.0474. The maximum Gasteiger partial charge on any atom is 0.408 e. The number of nitrogens with zero attached hydrogens (tertiary/aromatic N) is 1. The topological polar surface area (TPSA) is 84.0 Å². The minimum absolute atomic E-state index is 0.384. The number of ether oxygens (including phenoxy) is 2. The van der Waals surface area contributed by atoms with Crippen LogP contribution in [0.3, 0.4) is 0 Å². The molecule has 7 nitrogen and oxygen atoms in total. The van der Waals surface area contributed by atoms with Crippen LogP contribution < -0.4 is 20.7 Å². The summed E-state index contributed by atoms with van der Waals surface area (Å²) in [5, 5.41) is 9.09. The van der Waals surface area contributed by atoms with Crippen molar-refractivity contribution in [1.82, 2.24) is 16.0 Å². The van der Waals surface area contributed by atoms with Gasteiger partial charge in [-0.05, 0) is 52.3 Å². The fourth-order valence-electron chi connectivity index (χ4n) is 2.24. The largest absolute Gasteiger partial charge is 0.488 e. The molecule has 0 spiro atoms. The minimum Gasteiger partial charge on any atom is -0.488 e. The highest BCUT2D eigenvalue weighted by Gasteiger charge is 2.24. The Labute approximate surface area is 171 Å². The molecule has 0 heterocycles. The van der Waals surface area contributed by atoms with E-state index in [0.29, 0.717) is 24.8 Å². The predicted molar refractivity (Wildman–Crippen MR) is 110 cm³/mol. The van der Waals surface area contributed by atoms with Gasteiger partial charge in [0.05, 0.1) is 5.54 Å². The minimum atomic E-state index is -2.52. The standard InChI is InChI=1S/C20H32F2N4O3/c1-19(2,3)29-18(27)26-20(4,5)13-25-17(23-6)24-11-14-8-7-9-15(10-14)28-12-16(21)22/h7-10,16H,11-13H2,1-6H3,(H,26,27)(H2,23,24,25). The SMILES string of the molecule is CN=C(NCc1cccc(OCC(F)F)c1)NCC(C)(C)NC(=O)OC(C)(C)C. The van der Waals surface area contributed by atoms with Crippen LogP contribution in [0.15, 0.2) is 29.3 Å². The molecule has 1 aromatic carbocycles. The van der Waals surface area contributed by atoms with Gasteiger partial charge in [0.2, 0.25) is 0 Å². The Balaban J connectivity index is 2.52. The van der Waals surface area contributed by atoms with E-state index >= 15 is 0 Å². The highest BCUT2D eigenvalue weighted by atomic mass is 19.3. The van der Waals surface area contributed by atoms with Gasteiger partial charge in [-0.2, -0.15) is 0 Å². The first-order chi connectivity index (χ1) is 13.4. The number of nitrogens with one attached hydrogen (secondary N) is 3. The smallest absolute Gasteiger partial charge is 0.408 e. The van der Waals surface area contributed by atoms with Crippen molar-refractivity contribution in [3.05, 3.63) is 29.8 Å². The first kappa shape index (κ1) is 24.5. The summed E-state index contributed by atoms with van der Waals surface area (Å²) < 4.78 is 34.8. The van der Waals surface area contributed by atoms with E-state index in [-0.39, 0.29) is 0 Å². The number of halogens is 2. The van der Waals surface area contributed by atoms with Crippen LogP contribution in [0, 0.1) is 0 Å². The van der Waals surface area contributed by atoms with Crippen LogP contribution in [0.5, 0.6) is 5.75 Å². The zero-order valence-corrected chi connectivity index (χ0v) is 17.9. The third-order valence-electron chi connectivity index (χ3n) is 3.50. The first-order valence-electron chi connectivity index (χ1n) is 9.36. The van der Waals surface area contributed by atoms with Crippen LogP contribution in [-0.4, -0.2) is 49.8 Å². The van der Waals surface area contributed by atoms with Crippen LogP contribution in [0.4, 0.5) is 13.6 Å². The zero-order chi connectivity index (χ0) is 22.1. The number of carbonyl (C=O) groups is 1. The van der Waals surface area contributed by atoms with Gasteiger partial charge in [0.1, 0.15) is 18.0 Å². The monoisotopic (exact) mass is 414 g/mol. The highest BCUT2D eigenvalue weighted by molar-refractivity contribution is 5.79. The van der Waals surface area contributed by atoms with Gasteiger partial charge in [0, 0.05) is 20.1 Å². The van der Waals surface area contributed by atoms with Crippen molar-refractivity contribution in [2.75, 3.05) is 20.2 Å². The van der Waals surface area contributed by atoms with Crippen molar-refractivity contribution in [1.29, 1.82) is 0 Å². The van der Waals surface area contributed by atoms with E-state index in [1.807, 2.05) is 19.9 Å². The Kier molecular flexibility index (Phi) is 9.13. The fraction of sp³-hybridized carbons (Fsp3) is 0.600. The van der Waals surface area contributed by atoms with Crippen LogP contribution in [0.25, 0.3) is 0 Å². The Morgan fingerprint density at radius 1 is 1.17 bits per heavy atom. The van der Waals surface area contributed by atoms with Crippen molar-refractivity contribution in [3.63, 3.8) is 0 Å². The van der Waals surface area contributed by atoms with Gasteiger partial charge >= 0.3 is 6.09 Å². The van der Waals surface area contributed by atoms with Crippen LogP contribution in [0.2, 0.25) is 0 Å². The summed E-state index contributed by atoms with van der Waals surface area (Å²) >= 11 is 0. The molecule has 1 aromatic rings. The number of hydrogen-bond donors (Lipinski definition) is 3. The number of aliphatic imine (C=N–C) groups is 1. The molecule has 0 aliphatic carbocycles. The zero-order valence-electron chi connectivity index (χ0n) is 17.9. The number of alkyl halides is 2. The number of guanidine groups is 1. The number of alkyl carbamates (subject to hydrolysis) is 1. The van der Waals surface area contributed by atoms with E-state index < -0.39 is 30.3 Å². The molecule has 0 aromatic heterocycles. The average Bonchev–Trinajstić information content (AvgIpc) is 2.58. The Hall–Kier alpha value is -2.58. The van der Waals surface area contributed by atoms with E-state index in [0.717, 1.165) is 5.56 Å². The molecule has 0 radical (unpaired) electrons. The van der Waals surface area contributed by atoms with Crippen molar-refractivity contribution in [2.45, 2.75) is 58.7 Å². The average molecular weight is 414 g/mol. The van der Waals surface area contributed by atoms with Gasteiger partial charge in [-0.3, -0.25) is 4.99 Å². The molecule has 3 N–H and O–H groups in total. The molecule has 0 saturated heterocycles. The predicted octanol–water partition coefficient (Wildman–Crippen LogP) is 3.30. The molecule has 0 bridgehead atoms. The number of hydrogen-bond acceptors (Lipinski definition) is 4. The lowest BCUT2D eigenvalue weighted by Crippen LogP contribution is -2.54. The third-order valence-corrected chi connectivity index (χ3v) is 3.50. The molecule has 1 rings (SSSR count). The van der Waals surface area contributed by atoms with Crippen LogP contribution in [-0.2, 0) is 11.3 Å².